The van der Waals surface area contributed by atoms with Crippen LogP contribution in [-0.2, 0) is 4.43 Å². The fourth-order valence-electron chi connectivity index (χ4n) is 8.02. The number of fused-ring (bicyclic) bond motifs is 1. The number of benzene rings is 2. The van der Waals surface area contributed by atoms with E-state index >= 15 is 0 Å². The first kappa shape index (κ1) is 29.6. The standard InChI is InChI=1S/C34H44F3N3OSi/c1-22(2)40-32(38-31(39-40)23-16-18-24(19-17-23)34(35,36)37)30-28-20-25(21-29(28)30)41-42(33(3,4)5,26-12-8-6-9-13-26)27-14-10-7-11-15-27/h6-15,22-25,28-30H,16-21H2,1-5H3/t23?,24?,25?,28-,29+,30?. The molecule has 0 N–H and O–H groups in total. The van der Waals surface area contributed by atoms with Crippen LogP contribution in [0.2, 0.25) is 5.04 Å². The normalized spacial score (nSPS) is 28.2. The van der Waals surface area contributed by atoms with Crippen LogP contribution in [0.15, 0.2) is 60.7 Å². The highest BCUT2D eigenvalue weighted by atomic mass is 28.4. The molecule has 2 aromatic carbocycles. The molecule has 3 aromatic rings. The summed E-state index contributed by atoms with van der Waals surface area (Å²) in [5.41, 5.74) is 0. The molecule has 3 aliphatic rings. The van der Waals surface area contributed by atoms with Crippen LogP contribution in [0.4, 0.5) is 13.2 Å². The van der Waals surface area contributed by atoms with Crippen molar-refractivity contribution in [3.05, 3.63) is 72.3 Å². The highest BCUT2D eigenvalue weighted by Crippen LogP contribution is 2.64. The molecular weight excluding hydrogens is 551 g/mol. The average Bonchev–Trinajstić information content (AvgIpc) is 3.27. The minimum atomic E-state index is -4.10. The molecule has 0 bridgehead atoms. The minimum Gasteiger partial charge on any atom is -0.404 e. The molecule has 2 unspecified atom stereocenters. The first-order valence-corrected chi connectivity index (χ1v) is 17.6. The Hall–Kier alpha value is -2.45. The Balaban J connectivity index is 1.21. The third kappa shape index (κ3) is 5.27. The van der Waals surface area contributed by atoms with Crippen LogP contribution in [0.3, 0.4) is 0 Å². The van der Waals surface area contributed by atoms with Crippen molar-refractivity contribution in [2.24, 2.45) is 17.8 Å². The van der Waals surface area contributed by atoms with Crippen molar-refractivity contribution in [3.63, 3.8) is 0 Å². The molecule has 6 rings (SSSR count). The van der Waals surface area contributed by atoms with Gasteiger partial charge in [0.15, 0.2) is 5.82 Å². The first-order valence-electron chi connectivity index (χ1n) is 15.7. The number of halogens is 3. The predicted octanol–water partition coefficient (Wildman–Crippen LogP) is 7.76. The lowest BCUT2D eigenvalue weighted by atomic mass is 9.81. The average molecular weight is 596 g/mol. The number of rotatable bonds is 7. The molecule has 4 nitrogen and oxygen atoms in total. The number of hydrogen-bond donors (Lipinski definition) is 0. The van der Waals surface area contributed by atoms with Crippen molar-refractivity contribution in [3.8, 4) is 0 Å². The number of alkyl halides is 3. The third-order valence-corrected chi connectivity index (χ3v) is 15.3. The Kier molecular flexibility index (Phi) is 7.70. The zero-order chi connectivity index (χ0) is 29.9. The first-order chi connectivity index (χ1) is 19.9. The SMILES string of the molecule is CC(C)n1nc(C2CCC(C(F)(F)F)CC2)nc1C1[C@H]2CC(O[Si](c3ccccc3)(c3ccccc3)C(C)(C)C)C[C@@H]12. The predicted molar refractivity (Wildman–Crippen MR) is 163 cm³/mol. The molecule has 226 valence electrons. The largest absolute Gasteiger partial charge is 0.404 e. The van der Waals surface area contributed by atoms with E-state index in [4.69, 9.17) is 14.5 Å². The molecule has 0 radical (unpaired) electrons. The lowest BCUT2D eigenvalue weighted by molar-refractivity contribution is -0.182. The highest BCUT2D eigenvalue weighted by molar-refractivity contribution is 6.99. The molecular formula is C34H44F3N3OSi. The quantitative estimate of drug-likeness (QED) is 0.262. The van der Waals surface area contributed by atoms with E-state index in [-0.39, 0.29) is 35.9 Å². The van der Waals surface area contributed by atoms with Gasteiger partial charge in [-0.3, -0.25) is 0 Å². The number of aromatic nitrogens is 3. The van der Waals surface area contributed by atoms with Gasteiger partial charge < -0.3 is 4.43 Å². The molecule has 0 spiro atoms. The topological polar surface area (TPSA) is 39.9 Å². The van der Waals surface area contributed by atoms with Gasteiger partial charge in [0.2, 0.25) is 0 Å². The maximum atomic E-state index is 13.2. The minimum absolute atomic E-state index is 0.0205. The van der Waals surface area contributed by atoms with Gasteiger partial charge in [0.05, 0.1) is 5.92 Å². The van der Waals surface area contributed by atoms with Crippen LogP contribution in [0.5, 0.6) is 0 Å². The number of hydrogen-bond acceptors (Lipinski definition) is 3. The fraction of sp³-hybridized carbons (Fsp3) is 0.588. The molecule has 3 aliphatic carbocycles. The molecule has 4 atom stereocenters. The number of nitrogens with zero attached hydrogens (tertiary/aromatic N) is 3. The van der Waals surface area contributed by atoms with E-state index in [1.807, 2.05) is 0 Å². The van der Waals surface area contributed by atoms with Crippen LogP contribution in [0, 0.1) is 17.8 Å². The van der Waals surface area contributed by atoms with Crippen LogP contribution in [0.1, 0.15) is 103 Å². The van der Waals surface area contributed by atoms with Gasteiger partial charge in [0.25, 0.3) is 8.32 Å². The maximum absolute atomic E-state index is 13.2. The Morgan fingerprint density at radius 1 is 0.833 bits per heavy atom. The molecule has 3 saturated carbocycles. The van der Waals surface area contributed by atoms with Gasteiger partial charge in [0, 0.05) is 24.0 Å². The van der Waals surface area contributed by atoms with Gasteiger partial charge in [-0.15, -0.1) is 0 Å². The second-order valence-corrected chi connectivity index (χ2v) is 18.4. The summed E-state index contributed by atoms with van der Waals surface area (Å²) >= 11 is 0. The van der Waals surface area contributed by atoms with Crippen molar-refractivity contribution in [1.82, 2.24) is 14.8 Å². The second-order valence-electron chi connectivity index (χ2n) is 14.2. The summed E-state index contributed by atoms with van der Waals surface area (Å²) in [6.45, 7) is 11.2. The smallest absolute Gasteiger partial charge is 0.391 e. The molecule has 1 heterocycles. The van der Waals surface area contributed by atoms with Gasteiger partial charge in [-0.05, 0) is 79.6 Å². The van der Waals surface area contributed by atoms with Crippen molar-refractivity contribution in [2.75, 3.05) is 0 Å². The lowest BCUT2D eigenvalue weighted by Crippen LogP contribution is -2.67. The summed E-state index contributed by atoms with van der Waals surface area (Å²) in [7, 11) is -2.60. The van der Waals surface area contributed by atoms with E-state index in [1.165, 1.54) is 10.4 Å². The van der Waals surface area contributed by atoms with Crippen molar-refractivity contribution < 1.29 is 17.6 Å². The van der Waals surface area contributed by atoms with Gasteiger partial charge in [-0.2, -0.15) is 18.3 Å². The summed E-state index contributed by atoms with van der Waals surface area (Å²) in [5, 5.41) is 7.46. The summed E-state index contributed by atoms with van der Waals surface area (Å²) in [6, 6.07) is 21.8. The van der Waals surface area contributed by atoms with E-state index in [0.29, 0.717) is 30.6 Å². The summed E-state index contributed by atoms with van der Waals surface area (Å²) in [5.74, 6) is 2.02. The highest BCUT2D eigenvalue weighted by Gasteiger charge is 2.61. The lowest BCUT2D eigenvalue weighted by Gasteiger charge is -2.45. The third-order valence-electron chi connectivity index (χ3n) is 10.2. The van der Waals surface area contributed by atoms with Crippen LogP contribution in [-0.4, -0.2) is 35.4 Å². The zero-order valence-corrected chi connectivity index (χ0v) is 26.4. The molecule has 0 saturated heterocycles. The van der Waals surface area contributed by atoms with E-state index in [0.717, 1.165) is 24.5 Å². The van der Waals surface area contributed by atoms with Crippen LogP contribution < -0.4 is 10.4 Å². The van der Waals surface area contributed by atoms with E-state index in [1.54, 1.807) is 0 Å². The van der Waals surface area contributed by atoms with Gasteiger partial charge in [-0.25, -0.2) is 9.67 Å². The Morgan fingerprint density at radius 3 is 1.81 bits per heavy atom. The molecule has 0 amide bonds. The van der Waals surface area contributed by atoms with E-state index in [9.17, 15) is 13.2 Å². The van der Waals surface area contributed by atoms with Crippen LogP contribution >= 0.6 is 0 Å². The zero-order valence-electron chi connectivity index (χ0n) is 25.4. The molecule has 3 fully saturated rings. The fourth-order valence-corrected chi connectivity index (χ4v) is 12.7. The summed E-state index contributed by atoms with van der Waals surface area (Å²) in [4.78, 5) is 5.06. The van der Waals surface area contributed by atoms with Gasteiger partial charge in [0.1, 0.15) is 5.82 Å². The Bertz CT molecular complexity index is 1310. The molecule has 8 heteroatoms. The van der Waals surface area contributed by atoms with Crippen molar-refractivity contribution in [1.29, 1.82) is 0 Å². The van der Waals surface area contributed by atoms with E-state index in [2.05, 4.69) is 100.0 Å². The van der Waals surface area contributed by atoms with Crippen LogP contribution in [0.25, 0.3) is 0 Å². The second kappa shape index (κ2) is 10.9. The van der Waals surface area contributed by atoms with Crippen molar-refractivity contribution in [2.45, 2.75) is 108 Å². The summed E-state index contributed by atoms with van der Waals surface area (Å²) < 4.78 is 49.2. The Morgan fingerprint density at radius 2 is 1.36 bits per heavy atom. The Labute approximate surface area is 249 Å². The molecule has 1 aromatic heterocycles. The monoisotopic (exact) mass is 595 g/mol. The molecule has 42 heavy (non-hydrogen) atoms. The maximum Gasteiger partial charge on any atom is 0.391 e. The van der Waals surface area contributed by atoms with Crippen molar-refractivity contribution >= 4 is 18.7 Å². The van der Waals surface area contributed by atoms with Gasteiger partial charge in [-0.1, -0.05) is 81.4 Å². The molecule has 0 aliphatic heterocycles. The van der Waals surface area contributed by atoms with E-state index < -0.39 is 20.4 Å². The van der Waals surface area contributed by atoms with Gasteiger partial charge >= 0.3 is 6.18 Å². The summed E-state index contributed by atoms with van der Waals surface area (Å²) in [6.07, 6.45) is -0.511.